The molecule has 7 nitrogen and oxygen atoms in total. The summed E-state index contributed by atoms with van der Waals surface area (Å²) in [5.41, 5.74) is 5.23. The molecule has 2 aliphatic rings. The van der Waals surface area contributed by atoms with Crippen LogP contribution in [0.2, 0.25) is 0 Å². The zero-order valence-electron chi connectivity index (χ0n) is 18.4. The molecule has 2 aromatic rings. The summed E-state index contributed by atoms with van der Waals surface area (Å²) in [5.74, 6) is 0.248. The number of aromatic nitrogens is 2. The van der Waals surface area contributed by atoms with Crippen LogP contribution < -0.4 is 11.1 Å². The Bertz CT molecular complexity index is 1060. The van der Waals surface area contributed by atoms with Gasteiger partial charge in [0.2, 0.25) is 0 Å². The molecular weight excluding hydrogens is 468 g/mol. The van der Waals surface area contributed by atoms with E-state index in [1.807, 2.05) is 5.32 Å². The third-order valence-corrected chi connectivity index (χ3v) is 6.26. The number of nitrogens with two attached hydrogens (primary N) is 1. The van der Waals surface area contributed by atoms with E-state index in [-0.39, 0.29) is 11.7 Å². The number of carbonyl (C=O) groups excluding carboxylic acids is 1. The summed E-state index contributed by atoms with van der Waals surface area (Å²) < 4.78 is 83.4. The molecule has 1 aromatic carbocycles. The molecule has 2 fully saturated rings. The molecule has 13 heteroatoms. The molecule has 34 heavy (non-hydrogen) atoms. The van der Waals surface area contributed by atoms with Gasteiger partial charge in [0.1, 0.15) is 11.9 Å². The van der Waals surface area contributed by atoms with E-state index in [2.05, 4.69) is 9.97 Å². The first-order valence-electron chi connectivity index (χ1n) is 10.8. The Kier molecular flexibility index (Phi) is 6.00. The van der Waals surface area contributed by atoms with Crippen molar-refractivity contribution < 1.29 is 35.9 Å². The zero-order valence-corrected chi connectivity index (χ0v) is 18.4. The lowest BCUT2D eigenvalue weighted by atomic mass is 10.00. The summed E-state index contributed by atoms with van der Waals surface area (Å²) in [6.07, 6.45) is -7.54. The second-order valence-corrected chi connectivity index (χ2v) is 9.30. The Balaban J connectivity index is 1.54. The molecule has 188 valence electrons. The number of H-pyrrole nitrogens is 1. The number of nitrogens with one attached hydrogen (secondary N) is 2. The van der Waals surface area contributed by atoms with Gasteiger partial charge in [-0.3, -0.25) is 0 Å². The molecule has 4 N–H and O–H groups in total. The van der Waals surface area contributed by atoms with Gasteiger partial charge in [0.25, 0.3) is 0 Å². The number of fused-ring (bicyclic) bond motifs is 1. The molecule has 1 aromatic heterocycles. The average molecular weight is 493 g/mol. The molecule has 0 radical (unpaired) electrons. The van der Waals surface area contributed by atoms with Crippen molar-refractivity contribution in [2.75, 3.05) is 13.2 Å². The van der Waals surface area contributed by atoms with Crippen LogP contribution in [0.1, 0.15) is 50.2 Å². The molecule has 0 spiro atoms. The number of hydrogen-bond donors (Lipinski definition) is 3. The van der Waals surface area contributed by atoms with Crippen molar-refractivity contribution in [2.24, 2.45) is 11.7 Å². The van der Waals surface area contributed by atoms with Gasteiger partial charge in [0.05, 0.1) is 36.3 Å². The summed E-state index contributed by atoms with van der Waals surface area (Å²) in [6.45, 7) is 0.891. The summed E-state index contributed by atoms with van der Waals surface area (Å²) in [4.78, 5) is 20.9. The van der Waals surface area contributed by atoms with Crippen LogP contribution >= 0.6 is 0 Å². The minimum Gasteiger partial charge on any atom is -0.364 e. The fraction of sp³-hybridized carbons (Fsp3) is 0.619. The topological polar surface area (TPSA) is 96.3 Å². The van der Waals surface area contributed by atoms with Crippen LogP contribution in [0.3, 0.4) is 0 Å². The smallest absolute Gasteiger partial charge is 0.364 e. The number of urea groups is 1. The first-order chi connectivity index (χ1) is 15.7. The highest BCUT2D eigenvalue weighted by molar-refractivity contribution is 5.79. The lowest BCUT2D eigenvalue weighted by Gasteiger charge is -2.28. The van der Waals surface area contributed by atoms with Crippen LogP contribution in [0.5, 0.6) is 0 Å². The van der Waals surface area contributed by atoms with Gasteiger partial charge >= 0.3 is 18.4 Å². The van der Waals surface area contributed by atoms with Crippen LogP contribution in [-0.2, 0) is 4.74 Å². The monoisotopic (exact) mass is 493 g/mol. The van der Waals surface area contributed by atoms with Gasteiger partial charge in [0, 0.05) is 0 Å². The van der Waals surface area contributed by atoms with Crippen molar-refractivity contribution in [3.8, 4) is 0 Å². The number of hydrogen-bond acceptors (Lipinski definition) is 4. The maximum atomic E-state index is 13.1. The standard InChI is InChI=1S/C21H25F6N5O2/c1-19(2,21(25,26)27)34-9-12(28)17-29-13-6-5-11(7-14(13)30-17)16(10-3-4-10)32-8-15(20(22,23)24)31-18(32)33/h5-7,10,12,15-16H,3-4,8-9,28H2,1-2H3,(H,29,30)(H,31,33)/t12-,15-,16+/m0/s1. The van der Waals surface area contributed by atoms with Gasteiger partial charge in [-0.25, -0.2) is 9.78 Å². The quantitative estimate of drug-likeness (QED) is 0.501. The van der Waals surface area contributed by atoms with Gasteiger partial charge in [-0.15, -0.1) is 0 Å². The van der Waals surface area contributed by atoms with E-state index in [0.29, 0.717) is 16.6 Å². The number of ether oxygens (including phenoxy) is 1. The Morgan fingerprint density at radius 1 is 1.21 bits per heavy atom. The lowest BCUT2D eigenvalue weighted by Crippen LogP contribution is -2.43. The van der Waals surface area contributed by atoms with Gasteiger partial charge in [-0.1, -0.05) is 6.07 Å². The van der Waals surface area contributed by atoms with E-state index in [0.717, 1.165) is 26.7 Å². The molecule has 2 heterocycles. The van der Waals surface area contributed by atoms with E-state index >= 15 is 0 Å². The van der Waals surface area contributed by atoms with E-state index in [9.17, 15) is 31.1 Å². The van der Waals surface area contributed by atoms with Gasteiger partial charge in [0.15, 0.2) is 5.60 Å². The van der Waals surface area contributed by atoms with Crippen LogP contribution in [0.25, 0.3) is 11.0 Å². The molecule has 1 aliphatic carbocycles. The van der Waals surface area contributed by atoms with Gasteiger partial charge in [-0.2, -0.15) is 26.3 Å². The fourth-order valence-corrected chi connectivity index (χ4v) is 3.96. The Hall–Kier alpha value is -2.54. The van der Waals surface area contributed by atoms with Crippen LogP contribution in [-0.4, -0.2) is 58.0 Å². The number of rotatable bonds is 7. The number of aromatic amines is 1. The van der Waals surface area contributed by atoms with Gasteiger partial charge in [-0.05, 0) is 50.3 Å². The Labute approximate surface area is 191 Å². The van der Waals surface area contributed by atoms with Crippen molar-refractivity contribution in [3.05, 3.63) is 29.6 Å². The second kappa shape index (κ2) is 8.29. The molecule has 0 bridgehead atoms. The normalized spacial score (nSPS) is 21.7. The first-order valence-corrected chi connectivity index (χ1v) is 10.8. The number of alkyl halides is 6. The molecule has 4 rings (SSSR count). The largest absolute Gasteiger partial charge is 0.416 e. The van der Waals surface area contributed by atoms with Crippen molar-refractivity contribution in [2.45, 2.75) is 62.8 Å². The highest BCUT2D eigenvalue weighted by Crippen LogP contribution is 2.46. The molecule has 1 saturated heterocycles. The maximum Gasteiger partial charge on any atom is 0.416 e. The van der Waals surface area contributed by atoms with Crippen molar-refractivity contribution in [1.82, 2.24) is 20.2 Å². The Morgan fingerprint density at radius 2 is 1.88 bits per heavy atom. The SMILES string of the molecule is CC(C)(OC[C@H](N)c1nc2cc([C@@H](C3CC3)N3C[C@@H](C(F)(F)F)NC3=O)ccc2[nH]1)C(F)(F)F. The van der Waals surface area contributed by atoms with Crippen molar-refractivity contribution in [1.29, 1.82) is 0 Å². The molecule has 0 unspecified atom stereocenters. The summed E-state index contributed by atoms with van der Waals surface area (Å²) >= 11 is 0. The second-order valence-electron chi connectivity index (χ2n) is 9.30. The summed E-state index contributed by atoms with van der Waals surface area (Å²) in [6, 6.07) is 0.833. The van der Waals surface area contributed by atoms with E-state index in [1.54, 1.807) is 18.2 Å². The fourth-order valence-electron chi connectivity index (χ4n) is 3.96. The summed E-state index contributed by atoms with van der Waals surface area (Å²) in [5, 5.41) is 2.00. The highest BCUT2D eigenvalue weighted by atomic mass is 19.4. The number of benzene rings is 1. The number of nitrogens with zero attached hydrogens (tertiary/aromatic N) is 2. The predicted octanol–water partition coefficient (Wildman–Crippen LogP) is 4.33. The minimum absolute atomic E-state index is 0.0360. The van der Waals surface area contributed by atoms with Crippen LogP contribution in [0.15, 0.2) is 18.2 Å². The maximum absolute atomic E-state index is 13.1. The molecule has 1 aliphatic heterocycles. The van der Waals surface area contributed by atoms with Crippen molar-refractivity contribution >= 4 is 17.1 Å². The van der Waals surface area contributed by atoms with Gasteiger partial charge < -0.3 is 25.7 Å². The summed E-state index contributed by atoms with van der Waals surface area (Å²) in [7, 11) is 0. The van der Waals surface area contributed by atoms with E-state index in [4.69, 9.17) is 10.5 Å². The Morgan fingerprint density at radius 3 is 2.44 bits per heavy atom. The first kappa shape index (κ1) is 24.6. The third-order valence-electron chi connectivity index (χ3n) is 6.26. The average Bonchev–Trinajstić information content (AvgIpc) is 3.33. The molecule has 2 amide bonds. The number of amides is 2. The molecule has 1 saturated carbocycles. The number of imidazole rings is 1. The zero-order chi connectivity index (χ0) is 25.1. The van der Waals surface area contributed by atoms with Crippen LogP contribution in [0.4, 0.5) is 31.1 Å². The molecule has 3 atom stereocenters. The lowest BCUT2D eigenvalue weighted by molar-refractivity contribution is -0.264. The number of halogens is 6. The van der Waals surface area contributed by atoms with Crippen LogP contribution in [0, 0.1) is 5.92 Å². The number of carbonyl (C=O) groups is 1. The third kappa shape index (κ3) is 4.81. The van der Waals surface area contributed by atoms with Crippen molar-refractivity contribution in [3.63, 3.8) is 0 Å². The van der Waals surface area contributed by atoms with E-state index in [1.165, 1.54) is 4.90 Å². The predicted molar refractivity (Wildman–Crippen MR) is 110 cm³/mol. The highest BCUT2D eigenvalue weighted by Gasteiger charge is 2.51. The minimum atomic E-state index is -4.57. The molecular formula is C21H25F6N5O2. The van der Waals surface area contributed by atoms with E-state index < -0.39 is 55.3 Å².